The van der Waals surface area contributed by atoms with Crippen LogP contribution in [0.15, 0.2) is 71.6 Å². The van der Waals surface area contributed by atoms with E-state index in [2.05, 4.69) is 4.72 Å². The summed E-state index contributed by atoms with van der Waals surface area (Å²) < 4.78 is 27.5. The SMILES string of the molecule is O=S(=O)(NCCSCc1ccc(Cl)cc1)c1ccc2ccccc2c1. The molecule has 3 nitrogen and oxygen atoms in total. The third kappa shape index (κ3) is 4.98. The molecule has 0 saturated carbocycles. The minimum absolute atomic E-state index is 0.300. The van der Waals surface area contributed by atoms with Gasteiger partial charge in [0, 0.05) is 23.1 Å². The van der Waals surface area contributed by atoms with Gasteiger partial charge in [-0.2, -0.15) is 11.8 Å². The van der Waals surface area contributed by atoms with Crippen LogP contribution in [-0.4, -0.2) is 20.7 Å². The molecule has 0 spiro atoms. The second-order valence-electron chi connectivity index (χ2n) is 5.59. The van der Waals surface area contributed by atoms with E-state index < -0.39 is 10.0 Å². The molecule has 3 aromatic rings. The van der Waals surface area contributed by atoms with E-state index in [-0.39, 0.29) is 0 Å². The van der Waals surface area contributed by atoms with Crippen LogP contribution in [-0.2, 0) is 15.8 Å². The van der Waals surface area contributed by atoms with Gasteiger partial charge in [-0.25, -0.2) is 13.1 Å². The average molecular weight is 392 g/mol. The molecular weight excluding hydrogens is 374 g/mol. The fourth-order valence-electron chi connectivity index (χ4n) is 2.44. The van der Waals surface area contributed by atoms with Gasteiger partial charge in [0.05, 0.1) is 4.90 Å². The molecular formula is C19H18ClNO2S2. The third-order valence-electron chi connectivity index (χ3n) is 3.75. The fourth-order valence-corrected chi connectivity index (χ4v) is 4.58. The van der Waals surface area contributed by atoms with Crippen molar-refractivity contribution >= 4 is 44.2 Å². The molecule has 3 rings (SSSR count). The van der Waals surface area contributed by atoms with Gasteiger partial charge in [0.15, 0.2) is 0 Å². The lowest BCUT2D eigenvalue weighted by molar-refractivity contribution is 0.584. The summed E-state index contributed by atoms with van der Waals surface area (Å²) in [6.07, 6.45) is 0. The first-order valence-corrected chi connectivity index (χ1v) is 10.9. The van der Waals surface area contributed by atoms with Crippen molar-refractivity contribution in [2.45, 2.75) is 10.6 Å². The Morgan fingerprint density at radius 3 is 2.40 bits per heavy atom. The van der Waals surface area contributed by atoms with E-state index in [0.717, 1.165) is 21.5 Å². The predicted molar refractivity (Wildman–Crippen MR) is 107 cm³/mol. The molecule has 0 heterocycles. The van der Waals surface area contributed by atoms with Gasteiger partial charge in [0.25, 0.3) is 0 Å². The maximum absolute atomic E-state index is 12.4. The summed E-state index contributed by atoms with van der Waals surface area (Å²) in [5.41, 5.74) is 1.17. The van der Waals surface area contributed by atoms with E-state index in [1.165, 1.54) is 5.56 Å². The summed E-state index contributed by atoms with van der Waals surface area (Å²) in [7, 11) is -3.48. The summed E-state index contributed by atoms with van der Waals surface area (Å²) >= 11 is 7.54. The molecule has 0 aromatic heterocycles. The molecule has 0 unspecified atom stereocenters. The first-order valence-electron chi connectivity index (χ1n) is 7.85. The molecule has 0 saturated heterocycles. The fraction of sp³-hybridized carbons (Fsp3) is 0.158. The molecule has 25 heavy (non-hydrogen) atoms. The summed E-state index contributed by atoms with van der Waals surface area (Å²) in [4.78, 5) is 0.300. The van der Waals surface area contributed by atoms with Crippen molar-refractivity contribution < 1.29 is 8.42 Å². The molecule has 0 bridgehead atoms. The zero-order chi connectivity index (χ0) is 17.7. The Morgan fingerprint density at radius 2 is 1.64 bits per heavy atom. The van der Waals surface area contributed by atoms with Crippen molar-refractivity contribution in [2.75, 3.05) is 12.3 Å². The quantitative estimate of drug-likeness (QED) is 0.593. The summed E-state index contributed by atoms with van der Waals surface area (Å²) in [6, 6.07) is 20.6. The van der Waals surface area contributed by atoms with Crippen molar-refractivity contribution in [3.63, 3.8) is 0 Å². The first-order chi connectivity index (χ1) is 12.0. The van der Waals surface area contributed by atoms with Crippen LogP contribution in [0.5, 0.6) is 0 Å². The van der Waals surface area contributed by atoms with Crippen LogP contribution in [0.4, 0.5) is 0 Å². The third-order valence-corrected chi connectivity index (χ3v) is 6.49. The zero-order valence-electron chi connectivity index (χ0n) is 13.5. The van der Waals surface area contributed by atoms with Crippen LogP contribution in [0, 0.1) is 0 Å². The Kier molecular flexibility index (Phi) is 6.02. The van der Waals surface area contributed by atoms with Crippen molar-refractivity contribution in [1.29, 1.82) is 0 Å². The van der Waals surface area contributed by atoms with E-state index >= 15 is 0 Å². The number of benzene rings is 3. The van der Waals surface area contributed by atoms with Crippen LogP contribution in [0.3, 0.4) is 0 Å². The van der Waals surface area contributed by atoms with Gasteiger partial charge in [0.2, 0.25) is 10.0 Å². The van der Waals surface area contributed by atoms with Crippen molar-refractivity contribution in [3.05, 3.63) is 77.3 Å². The Labute approximate surface area is 157 Å². The summed E-state index contributed by atoms with van der Waals surface area (Å²) in [5, 5.41) is 2.67. The Hall–Kier alpha value is -1.53. The van der Waals surface area contributed by atoms with E-state index in [1.54, 1.807) is 23.9 Å². The number of sulfonamides is 1. The molecule has 3 aromatic carbocycles. The van der Waals surface area contributed by atoms with Gasteiger partial charge in [-0.3, -0.25) is 0 Å². The van der Waals surface area contributed by atoms with Crippen LogP contribution in [0.1, 0.15) is 5.56 Å². The maximum Gasteiger partial charge on any atom is 0.240 e. The van der Waals surface area contributed by atoms with Crippen LogP contribution in [0.25, 0.3) is 10.8 Å². The normalized spacial score (nSPS) is 11.7. The largest absolute Gasteiger partial charge is 0.240 e. The van der Waals surface area contributed by atoms with Crippen LogP contribution < -0.4 is 4.72 Å². The lowest BCUT2D eigenvalue weighted by Gasteiger charge is -2.08. The van der Waals surface area contributed by atoms with Crippen molar-refractivity contribution in [3.8, 4) is 0 Å². The van der Waals surface area contributed by atoms with E-state index in [9.17, 15) is 8.42 Å². The van der Waals surface area contributed by atoms with Gasteiger partial charge < -0.3 is 0 Å². The monoisotopic (exact) mass is 391 g/mol. The highest BCUT2D eigenvalue weighted by atomic mass is 35.5. The Morgan fingerprint density at radius 1 is 0.920 bits per heavy atom. The topological polar surface area (TPSA) is 46.2 Å². The number of nitrogens with one attached hydrogen (secondary N) is 1. The minimum atomic E-state index is -3.48. The van der Waals surface area contributed by atoms with Gasteiger partial charge in [-0.1, -0.05) is 54.1 Å². The number of thioether (sulfide) groups is 1. The maximum atomic E-state index is 12.4. The summed E-state index contributed by atoms with van der Waals surface area (Å²) in [6.45, 7) is 0.396. The van der Waals surface area contributed by atoms with E-state index in [0.29, 0.717) is 17.2 Å². The summed E-state index contributed by atoms with van der Waals surface area (Å²) in [5.74, 6) is 1.53. The number of rotatable bonds is 7. The minimum Gasteiger partial charge on any atom is -0.210 e. The molecule has 0 fully saturated rings. The lowest BCUT2D eigenvalue weighted by atomic mass is 10.1. The molecule has 130 valence electrons. The number of fused-ring (bicyclic) bond motifs is 1. The first kappa shape index (κ1) is 18.3. The zero-order valence-corrected chi connectivity index (χ0v) is 15.9. The Bertz CT molecular complexity index is 957. The molecule has 6 heteroatoms. The van der Waals surface area contributed by atoms with E-state index in [1.807, 2.05) is 54.6 Å². The molecule has 0 atom stereocenters. The lowest BCUT2D eigenvalue weighted by Crippen LogP contribution is -2.26. The highest BCUT2D eigenvalue weighted by Gasteiger charge is 2.13. The molecule has 0 radical (unpaired) electrons. The molecule has 0 aliphatic rings. The molecule has 0 aliphatic heterocycles. The van der Waals surface area contributed by atoms with Gasteiger partial charge in [-0.15, -0.1) is 0 Å². The van der Waals surface area contributed by atoms with Gasteiger partial charge in [-0.05, 0) is 40.6 Å². The highest BCUT2D eigenvalue weighted by Crippen LogP contribution is 2.19. The van der Waals surface area contributed by atoms with Gasteiger partial charge in [0.1, 0.15) is 0 Å². The van der Waals surface area contributed by atoms with Crippen molar-refractivity contribution in [1.82, 2.24) is 4.72 Å². The van der Waals surface area contributed by atoms with Gasteiger partial charge >= 0.3 is 0 Å². The predicted octanol–water partition coefficient (Wildman–Crippen LogP) is 4.70. The number of hydrogen-bond donors (Lipinski definition) is 1. The molecule has 0 amide bonds. The second-order valence-corrected chi connectivity index (χ2v) is 8.89. The highest BCUT2D eigenvalue weighted by molar-refractivity contribution is 7.98. The standard InChI is InChI=1S/C19H18ClNO2S2/c20-18-8-5-15(6-9-18)14-24-12-11-21-25(22,23)19-10-7-16-3-1-2-4-17(16)13-19/h1-10,13,21H,11-12,14H2. The smallest absolute Gasteiger partial charge is 0.210 e. The number of hydrogen-bond acceptors (Lipinski definition) is 3. The van der Waals surface area contributed by atoms with Crippen molar-refractivity contribution in [2.24, 2.45) is 0 Å². The van der Waals surface area contributed by atoms with Crippen LogP contribution >= 0.6 is 23.4 Å². The number of halogens is 1. The van der Waals surface area contributed by atoms with E-state index in [4.69, 9.17) is 11.6 Å². The molecule has 1 N–H and O–H groups in total. The molecule has 0 aliphatic carbocycles. The van der Waals surface area contributed by atoms with Crippen LogP contribution in [0.2, 0.25) is 5.02 Å². The average Bonchev–Trinajstić information content (AvgIpc) is 2.62. The Balaban J connectivity index is 1.53. The second kappa shape index (κ2) is 8.23.